The maximum Gasteiger partial charge on any atom is 0.252 e. The third kappa shape index (κ3) is 7.39. The molecular weight excluding hydrogens is 645 g/mol. The Balaban J connectivity index is 1.24. The number of carbonyl (C=O) groups excluding carboxylic acids is 2. The molecule has 1 aliphatic carbocycles. The number of benzene rings is 3. The van der Waals surface area contributed by atoms with Gasteiger partial charge in [-0.25, -0.2) is 8.78 Å². The predicted octanol–water partition coefficient (Wildman–Crippen LogP) is 4.61. The van der Waals surface area contributed by atoms with Crippen LogP contribution in [0.2, 0.25) is 5.02 Å². The molecule has 254 valence electrons. The molecule has 3 aliphatic rings. The van der Waals surface area contributed by atoms with Crippen LogP contribution in [0.5, 0.6) is 5.75 Å². The van der Waals surface area contributed by atoms with Crippen LogP contribution in [0.4, 0.5) is 13.2 Å². The summed E-state index contributed by atoms with van der Waals surface area (Å²) in [6, 6.07) is 15.3. The second-order valence-corrected chi connectivity index (χ2v) is 13.0. The zero-order chi connectivity index (χ0) is 33.9. The van der Waals surface area contributed by atoms with Gasteiger partial charge in [0.2, 0.25) is 11.7 Å². The van der Waals surface area contributed by atoms with Crippen molar-refractivity contribution in [3.63, 3.8) is 0 Å². The first-order valence-electron chi connectivity index (χ1n) is 16.2. The highest BCUT2D eigenvalue weighted by molar-refractivity contribution is 6.31. The Kier molecular flexibility index (Phi) is 10.4. The Bertz CT molecular complexity index is 1700. The van der Waals surface area contributed by atoms with Gasteiger partial charge < -0.3 is 30.7 Å². The minimum Gasteiger partial charge on any atom is -0.488 e. The van der Waals surface area contributed by atoms with Crippen LogP contribution >= 0.6 is 11.6 Å². The molecule has 0 spiro atoms. The van der Waals surface area contributed by atoms with Crippen molar-refractivity contribution < 1.29 is 32.6 Å². The molecule has 0 aromatic heterocycles. The summed E-state index contributed by atoms with van der Waals surface area (Å²) in [6.07, 6.45) is 3.27. The Labute approximate surface area is 282 Å². The number of nitrogens with zero attached hydrogens (tertiary/aromatic N) is 2. The minimum atomic E-state index is -1.35. The standard InChI is InChI=1S/C36H38ClF3N4O4/c37-27-6-2-1-5-23(27)17-44(25-11-12-25)36(47)32-26(16-24-18-43(19-31(32)42-24)35(46)30(41)20-45)22-9-7-21(8-10-22)4-3-15-48-34-29(39)14-13-28(38)33(34)40/h1-2,5-10,13-14,24-25,30-31,42,45H,3-4,11-12,15-20,41H2/t24-,30-,31-/m0/s1. The van der Waals surface area contributed by atoms with Crippen LogP contribution < -0.4 is 15.8 Å². The van der Waals surface area contributed by atoms with E-state index in [0.29, 0.717) is 49.0 Å². The molecule has 3 atom stereocenters. The molecule has 8 nitrogen and oxygen atoms in total. The highest BCUT2D eigenvalue weighted by atomic mass is 35.5. The predicted molar refractivity (Wildman–Crippen MR) is 175 cm³/mol. The quantitative estimate of drug-likeness (QED) is 0.190. The molecule has 3 aromatic carbocycles. The fourth-order valence-electron chi connectivity index (χ4n) is 6.54. The maximum atomic E-state index is 14.6. The number of piperazine rings is 1. The monoisotopic (exact) mass is 682 g/mol. The Morgan fingerprint density at radius 1 is 1.04 bits per heavy atom. The zero-order valence-electron chi connectivity index (χ0n) is 26.3. The number of aliphatic hydroxyl groups excluding tert-OH is 1. The van der Waals surface area contributed by atoms with Crippen molar-refractivity contribution in [1.29, 1.82) is 0 Å². The molecule has 2 bridgehead atoms. The Morgan fingerprint density at radius 3 is 2.48 bits per heavy atom. The molecule has 1 saturated carbocycles. The first kappa shape index (κ1) is 34.0. The summed E-state index contributed by atoms with van der Waals surface area (Å²) in [5.41, 5.74) is 10.1. The van der Waals surface area contributed by atoms with Gasteiger partial charge in [-0.2, -0.15) is 4.39 Å². The highest BCUT2D eigenvalue weighted by Crippen LogP contribution is 2.38. The molecule has 48 heavy (non-hydrogen) atoms. The number of aryl methyl sites for hydroxylation is 1. The SMILES string of the molecule is N[C@@H](CO)C(=O)N1C[C@@H]2CC(c3ccc(CCCOc4c(F)ccc(F)c4F)cc3)=C(C(=O)N(Cc3ccccc3Cl)C3CC3)[C@H](C1)N2. The van der Waals surface area contributed by atoms with Crippen LogP contribution in [-0.4, -0.2) is 77.2 Å². The fourth-order valence-corrected chi connectivity index (χ4v) is 6.74. The summed E-state index contributed by atoms with van der Waals surface area (Å²) in [7, 11) is 0. The van der Waals surface area contributed by atoms with E-state index >= 15 is 0 Å². The van der Waals surface area contributed by atoms with E-state index in [4.69, 9.17) is 22.1 Å². The van der Waals surface area contributed by atoms with Crippen LogP contribution in [0.15, 0.2) is 66.2 Å². The van der Waals surface area contributed by atoms with E-state index in [1.54, 1.807) is 4.90 Å². The second-order valence-electron chi connectivity index (χ2n) is 12.6. The number of hydrogen-bond acceptors (Lipinski definition) is 6. The van der Waals surface area contributed by atoms with E-state index < -0.39 is 41.9 Å². The number of carbonyl (C=O) groups is 2. The van der Waals surface area contributed by atoms with Gasteiger partial charge in [0.25, 0.3) is 5.91 Å². The third-order valence-electron chi connectivity index (χ3n) is 9.17. The van der Waals surface area contributed by atoms with Gasteiger partial charge in [0.05, 0.1) is 19.3 Å². The molecule has 2 aliphatic heterocycles. The van der Waals surface area contributed by atoms with Crippen LogP contribution in [-0.2, 0) is 22.6 Å². The molecule has 0 radical (unpaired) electrons. The zero-order valence-corrected chi connectivity index (χ0v) is 27.1. The number of amides is 2. The van der Waals surface area contributed by atoms with Crippen molar-refractivity contribution in [3.05, 3.63) is 105 Å². The van der Waals surface area contributed by atoms with Crippen molar-refractivity contribution in [2.45, 2.75) is 62.8 Å². The summed E-state index contributed by atoms with van der Waals surface area (Å²) < 4.78 is 46.5. The van der Waals surface area contributed by atoms with Gasteiger partial charge in [-0.1, -0.05) is 54.1 Å². The van der Waals surface area contributed by atoms with E-state index in [0.717, 1.165) is 41.2 Å². The first-order valence-corrected chi connectivity index (χ1v) is 16.6. The lowest BCUT2D eigenvalue weighted by molar-refractivity contribution is -0.136. The normalized spacial score (nSPS) is 19.7. The highest BCUT2D eigenvalue weighted by Gasteiger charge is 2.43. The number of nitrogens with one attached hydrogen (secondary N) is 1. The lowest BCUT2D eigenvalue weighted by Gasteiger charge is -2.45. The van der Waals surface area contributed by atoms with Crippen molar-refractivity contribution in [1.82, 2.24) is 15.1 Å². The van der Waals surface area contributed by atoms with Gasteiger partial charge in [-0.3, -0.25) is 9.59 Å². The average Bonchev–Trinajstić information content (AvgIpc) is 3.94. The van der Waals surface area contributed by atoms with Gasteiger partial charge in [0.1, 0.15) is 6.04 Å². The van der Waals surface area contributed by atoms with Crippen molar-refractivity contribution in [2.75, 3.05) is 26.3 Å². The number of rotatable bonds is 12. The first-order chi connectivity index (χ1) is 23.1. The summed E-state index contributed by atoms with van der Waals surface area (Å²) in [6.45, 7) is 0.525. The largest absolute Gasteiger partial charge is 0.488 e. The van der Waals surface area contributed by atoms with Crippen molar-refractivity contribution >= 4 is 29.0 Å². The second kappa shape index (κ2) is 14.7. The van der Waals surface area contributed by atoms with Crippen LogP contribution in [0.3, 0.4) is 0 Å². The smallest absolute Gasteiger partial charge is 0.252 e. The summed E-state index contributed by atoms with van der Waals surface area (Å²) in [5, 5.41) is 13.7. The molecule has 4 N–H and O–H groups in total. The van der Waals surface area contributed by atoms with Gasteiger partial charge in [-0.05, 0) is 72.6 Å². The van der Waals surface area contributed by atoms with Crippen LogP contribution in [0.25, 0.3) is 5.57 Å². The topological polar surface area (TPSA) is 108 Å². The number of nitrogens with two attached hydrogens (primary N) is 1. The van der Waals surface area contributed by atoms with Gasteiger partial charge >= 0.3 is 0 Å². The molecule has 2 fully saturated rings. The molecule has 2 amide bonds. The van der Waals surface area contributed by atoms with Crippen molar-refractivity contribution in [2.24, 2.45) is 5.73 Å². The molecule has 0 unspecified atom stereocenters. The molecule has 2 heterocycles. The van der Waals surface area contributed by atoms with Gasteiger partial charge in [0.15, 0.2) is 17.4 Å². The summed E-state index contributed by atoms with van der Waals surface area (Å²) in [5.74, 6) is -4.66. The Morgan fingerprint density at radius 2 is 1.77 bits per heavy atom. The number of hydrogen-bond donors (Lipinski definition) is 3. The summed E-state index contributed by atoms with van der Waals surface area (Å²) in [4.78, 5) is 31.1. The van der Waals surface area contributed by atoms with E-state index in [1.807, 2.05) is 53.4 Å². The molecule has 3 aromatic rings. The minimum absolute atomic E-state index is 0.00450. The molecule has 12 heteroatoms. The third-order valence-corrected chi connectivity index (χ3v) is 9.54. The van der Waals surface area contributed by atoms with Crippen LogP contribution in [0.1, 0.15) is 42.4 Å². The molecular formula is C36H38ClF3N4O4. The van der Waals surface area contributed by atoms with E-state index in [9.17, 15) is 27.9 Å². The summed E-state index contributed by atoms with van der Waals surface area (Å²) >= 11 is 6.51. The van der Waals surface area contributed by atoms with E-state index in [-0.39, 0.29) is 37.0 Å². The lowest BCUT2D eigenvalue weighted by Crippen LogP contribution is -2.64. The maximum absolute atomic E-state index is 14.6. The van der Waals surface area contributed by atoms with Crippen molar-refractivity contribution in [3.8, 4) is 5.75 Å². The Hall–Kier alpha value is -3.90. The fraction of sp³-hybridized carbons (Fsp3) is 0.389. The van der Waals surface area contributed by atoms with Gasteiger partial charge in [0, 0.05) is 42.3 Å². The van der Waals surface area contributed by atoms with E-state index in [2.05, 4.69) is 5.32 Å². The molecule has 6 rings (SSSR count). The number of aliphatic hydroxyl groups is 1. The lowest BCUT2D eigenvalue weighted by atomic mass is 9.82. The number of halogens is 4. The average molecular weight is 683 g/mol. The number of fused-ring (bicyclic) bond motifs is 2. The number of ether oxygens (including phenoxy) is 1. The van der Waals surface area contributed by atoms with E-state index in [1.165, 1.54) is 0 Å². The van der Waals surface area contributed by atoms with Gasteiger partial charge in [-0.15, -0.1) is 0 Å². The molecule has 1 saturated heterocycles. The van der Waals surface area contributed by atoms with Crippen LogP contribution in [0, 0.1) is 17.5 Å².